The van der Waals surface area contributed by atoms with E-state index in [-0.39, 0.29) is 0 Å². The van der Waals surface area contributed by atoms with Gasteiger partial charge in [-0.15, -0.1) is 0 Å². The van der Waals surface area contributed by atoms with Gasteiger partial charge in [-0.1, -0.05) is 45.7 Å². The molecule has 0 heterocycles. The molecule has 1 fully saturated rings. The second kappa shape index (κ2) is 5.66. The molecule has 0 bridgehead atoms. The summed E-state index contributed by atoms with van der Waals surface area (Å²) in [6.45, 7) is 0.910. The van der Waals surface area contributed by atoms with Gasteiger partial charge in [-0.2, -0.15) is 0 Å². The average molecular weight is 337 g/mol. The van der Waals surface area contributed by atoms with Crippen LogP contribution >= 0.6 is 27.5 Å². The Morgan fingerprint density at radius 1 is 1.11 bits per heavy atom. The molecular formula is C16H15BrClN. The third kappa shape index (κ3) is 3.38. The molecule has 1 aliphatic rings. The maximum Gasteiger partial charge on any atom is 0.0412 e. The molecule has 0 aliphatic heterocycles. The molecular weight excluding hydrogens is 322 g/mol. The Morgan fingerprint density at radius 2 is 1.84 bits per heavy atom. The van der Waals surface area contributed by atoms with Crippen LogP contribution in [0.2, 0.25) is 5.02 Å². The van der Waals surface area contributed by atoms with Gasteiger partial charge in [-0.25, -0.2) is 0 Å². The quantitative estimate of drug-likeness (QED) is 0.826. The predicted molar refractivity (Wildman–Crippen MR) is 84.4 cm³/mol. The minimum absolute atomic E-state index is 0.716. The number of hydrogen-bond donors (Lipinski definition) is 1. The molecule has 0 spiro atoms. The van der Waals surface area contributed by atoms with Crippen molar-refractivity contribution in [2.45, 2.75) is 25.4 Å². The summed E-state index contributed by atoms with van der Waals surface area (Å²) in [7, 11) is 0. The summed E-state index contributed by atoms with van der Waals surface area (Å²) in [5.41, 5.74) is 3.73. The van der Waals surface area contributed by atoms with Crippen LogP contribution in [-0.2, 0) is 6.54 Å². The molecule has 0 amide bonds. The minimum Gasteiger partial charge on any atom is -0.310 e. The number of halogens is 2. The Labute approximate surface area is 127 Å². The van der Waals surface area contributed by atoms with Crippen LogP contribution in [0, 0.1) is 0 Å². The van der Waals surface area contributed by atoms with Crippen LogP contribution in [0.25, 0.3) is 11.1 Å². The third-order valence-corrected chi connectivity index (χ3v) is 4.15. The Bertz CT molecular complexity index is 576. The zero-order valence-corrected chi connectivity index (χ0v) is 12.8. The van der Waals surface area contributed by atoms with Crippen LogP contribution in [0.4, 0.5) is 0 Å². The van der Waals surface area contributed by atoms with Gasteiger partial charge in [-0.05, 0) is 53.8 Å². The lowest BCUT2D eigenvalue weighted by atomic mass is 9.99. The van der Waals surface area contributed by atoms with E-state index in [9.17, 15) is 0 Å². The van der Waals surface area contributed by atoms with Crippen molar-refractivity contribution >= 4 is 27.5 Å². The van der Waals surface area contributed by atoms with Gasteiger partial charge in [0.2, 0.25) is 0 Å². The molecule has 1 saturated carbocycles. The molecule has 1 N–H and O–H groups in total. The first kappa shape index (κ1) is 13.2. The molecule has 1 aliphatic carbocycles. The maximum absolute atomic E-state index is 6.14. The number of hydrogen-bond acceptors (Lipinski definition) is 1. The molecule has 0 saturated heterocycles. The van der Waals surface area contributed by atoms with Crippen molar-refractivity contribution in [2.75, 3.05) is 0 Å². The van der Waals surface area contributed by atoms with Gasteiger partial charge in [0.1, 0.15) is 0 Å². The Hall–Kier alpha value is -0.830. The second-order valence-corrected chi connectivity index (χ2v) is 6.32. The monoisotopic (exact) mass is 335 g/mol. The van der Waals surface area contributed by atoms with Crippen LogP contribution in [0.3, 0.4) is 0 Å². The van der Waals surface area contributed by atoms with Crippen LogP contribution in [0.1, 0.15) is 18.4 Å². The van der Waals surface area contributed by atoms with Crippen molar-refractivity contribution < 1.29 is 0 Å². The number of rotatable bonds is 4. The molecule has 19 heavy (non-hydrogen) atoms. The van der Waals surface area contributed by atoms with E-state index in [1.54, 1.807) is 0 Å². The van der Waals surface area contributed by atoms with E-state index in [4.69, 9.17) is 11.6 Å². The zero-order chi connectivity index (χ0) is 13.2. The maximum atomic E-state index is 6.14. The summed E-state index contributed by atoms with van der Waals surface area (Å²) in [4.78, 5) is 0. The molecule has 2 aromatic rings. The predicted octanol–water partition coefficient (Wildman–Crippen LogP) is 5.02. The topological polar surface area (TPSA) is 12.0 Å². The highest BCUT2D eigenvalue weighted by molar-refractivity contribution is 9.10. The van der Waals surface area contributed by atoms with Gasteiger partial charge in [0.05, 0.1) is 0 Å². The average Bonchev–Trinajstić information content (AvgIpc) is 3.22. The molecule has 1 nitrogen and oxygen atoms in total. The largest absolute Gasteiger partial charge is 0.310 e. The fourth-order valence-electron chi connectivity index (χ4n) is 2.14. The van der Waals surface area contributed by atoms with Gasteiger partial charge >= 0.3 is 0 Å². The van der Waals surface area contributed by atoms with Crippen LogP contribution in [-0.4, -0.2) is 6.04 Å². The lowest BCUT2D eigenvalue weighted by Crippen LogP contribution is -2.15. The molecule has 3 rings (SSSR count). The van der Waals surface area contributed by atoms with E-state index in [1.807, 2.05) is 6.07 Å². The summed E-state index contributed by atoms with van der Waals surface area (Å²) in [5.74, 6) is 0. The summed E-state index contributed by atoms with van der Waals surface area (Å²) in [5, 5.41) is 4.35. The number of benzene rings is 2. The lowest BCUT2D eigenvalue weighted by molar-refractivity contribution is 0.689. The van der Waals surface area contributed by atoms with E-state index >= 15 is 0 Å². The first-order valence-corrected chi connectivity index (χ1v) is 7.67. The lowest BCUT2D eigenvalue weighted by Gasteiger charge is -2.11. The fourth-order valence-corrected chi connectivity index (χ4v) is 2.58. The molecule has 0 atom stereocenters. The van der Waals surface area contributed by atoms with Gasteiger partial charge in [0, 0.05) is 22.1 Å². The first-order chi connectivity index (χ1) is 9.22. The zero-order valence-electron chi connectivity index (χ0n) is 10.5. The van der Waals surface area contributed by atoms with E-state index < -0.39 is 0 Å². The fraction of sp³-hybridized carbons (Fsp3) is 0.250. The molecule has 0 aromatic heterocycles. The van der Waals surface area contributed by atoms with E-state index in [2.05, 4.69) is 57.6 Å². The molecule has 0 unspecified atom stereocenters. The summed E-state index contributed by atoms with van der Waals surface area (Å²) < 4.78 is 1.09. The van der Waals surface area contributed by atoms with Crippen LogP contribution < -0.4 is 5.32 Å². The van der Waals surface area contributed by atoms with Crippen molar-refractivity contribution in [3.8, 4) is 11.1 Å². The second-order valence-electron chi connectivity index (χ2n) is 4.96. The van der Waals surface area contributed by atoms with E-state index in [0.29, 0.717) is 6.04 Å². The highest BCUT2D eigenvalue weighted by Gasteiger charge is 2.20. The summed E-state index contributed by atoms with van der Waals surface area (Å²) in [6, 6.07) is 15.2. The SMILES string of the molecule is Clc1ccc(CNC2CC2)c(-c2ccc(Br)cc2)c1. The van der Waals surface area contributed by atoms with Gasteiger partial charge in [0.25, 0.3) is 0 Å². The first-order valence-electron chi connectivity index (χ1n) is 6.50. The van der Waals surface area contributed by atoms with Crippen molar-refractivity contribution in [3.63, 3.8) is 0 Å². The standard InChI is InChI=1S/C16H15BrClN/c17-13-4-1-11(2-5-13)16-9-14(18)6-3-12(16)10-19-15-7-8-15/h1-6,9,15,19H,7-8,10H2. The molecule has 0 radical (unpaired) electrons. The molecule has 3 heteroatoms. The van der Waals surface area contributed by atoms with Gasteiger partial charge in [0.15, 0.2) is 0 Å². The van der Waals surface area contributed by atoms with Gasteiger partial charge < -0.3 is 5.32 Å². The Morgan fingerprint density at radius 3 is 2.53 bits per heavy atom. The number of nitrogens with one attached hydrogen (secondary N) is 1. The molecule has 2 aromatic carbocycles. The highest BCUT2D eigenvalue weighted by atomic mass is 79.9. The van der Waals surface area contributed by atoms with Crippen LogP contribution in [0.5, 0.6) is 0 Å². The normalized spacial score (nSPS) is 14.6. The van der Waals surface area contributed by atoms with Crippen molar-refractivity contribution in [1.29, 1.82) is 0 Å². The minimum atomic E-state index is 0.716. The Balaban J connectivity index is 1.92. The summed E-state index contributed by atoms with van der Waals surface area (Å²) >= 11 is 9.61. The molecule has 98 valence electrons. The van der Waals surface area contributed by atoms with Crippen molar-refractivity contribution in [3.05, 3.63) is 57.5 Å². The van der Waals surface area contributed by atoms with E-state index in [0.717, 1.165) is 16.0 Å². The van der Waals surface area contributed by atoms with Crippen LogP contribution in [0.15, 0.2) is 46.9 Å². The third-order valence-electron chi connectivity index (χ3n) is 3.39. The smallest absolute Gasteiger partial charge is 0.0412 e. The van der Waals surface area contributed by atoms with Gasteiger partial charge in [-0.3, -0.25) is 0 Å². The summed E-state index contributed by atoms with van der Waals surface area (Å²) in [6.07, 6.45) is 2.61. The Kier molecular flexibility index (Phi) is 3.92. The van der Waals surface area contributed by atoms with Crippen molar-refractivity contribution in [1.82, 2.24) is 5.32 Å². The van der Waals surface area contributed by atoms with Crippen molar-refractivity contribution in [2.24, 2.45) is 0 Å². The van der Waals surface area contributed by atoms with E-state index in [1.165, 1.54) is 29.5 Å². The highest BCUT2D eigenvalue weighted by Crippen LogP contribution is 2.29.